The number of hydrogen-bond acceptors (Lipinski definition) is 3. The molecule has 44 valence electrons. The summed E-state index contributed by atoms with van der Waals surface area (Å²) >= 11 is 0. The number of isocyanates is 1. The molecule has 0 N–H and O–H groups in total. The molecule has 4 heteroatoms. The zero-order chi connectivity index (χ0) is 6.41. The highest BCUT2D eigenvalue weighted by Gasteiger charge is 1.91. The minimum atomic E-state index is -0.473. The Bertz CT molecular complexity index is 119. The van der Waals surface area contributed by atoms with Gasteiger partial charge in [0.1, 0.15) is 10.5 Å². The van der Waals surface area contributed by atoms with E-state index in [4.69, 9.17) is 4.43 Å². The number of nitrogens with zero attached hydrogens (tertiary/aromatic N) is 1. The largest absolute Gasteiger partial charge is 0.404 e. The van der Waals surface area contributed by atoms with Gasteiger partial charge in [0.25, 0.3) is 0 Å². The van der Waals surface area contributed by atoms with Crippen LogP contribution < -0.4 is 0 Å². The molecule has 8 heavy (non-hydrogen) atoms. The van der Waals surface area contributed by atoms with Gasteiger partial charge in [-0.15, -0.1) is 0 Å². The van der Waals surface area contributed by atoms with Gasteiger partial charge in [0.05, 0.1) is 0 Å². The van der Waals surface area contributed by atoms with Gasteiger partial charge in [0.15, 0.2) is 6.23 Å². The van der Waals surface area contributed by atoms with Gasteiger partial charge in [-0.1, -0.05) is 6.58 Å². The van der Waals surface area contributed by atoms with Crippen molar-refractivity contribution in [3.8, 4) is 0 Å². The first-order valence-corrected chi connectivity index (χ1v) is 2.89. The SMILES string of the molecule is C=CC(N=C=O)O[SiH3]. The second kappa shape index (κ2) is 4.46. The standard InChI is InChI=1S/C4H7NO2Si/c1-2-4(7-8)5-3-6/h2,4H,1H2,8H3. The number of rotatable bonds is 3. The molecule has 0 aliphatic carbocycles. The Morgan fingerprint density at radius 2 is 2.62 bits per heavy atom. The van der Waals surface area contributed by atoms with Crippen molar-refractivity contribution in [1.29, 1.82) is 0 Å². The molecule has 0 radical (unpaired) electrons. The molecule has 1 unspecified atom stereocenters. The minimum absolute atomic E-state index is 0.473. The summed E-state index contributed by atoms with van der Waals surface area (Å²) in [6.45, 7) is 3.38. The molecule has 0 saturated carbocycles. The Balaban J connectivity index is 3.69. The van der Waals surface area contributed by atoms with Crippen LogP contribution in [0.5, 0.6) is 0 Å². The number of hydrogen-bond donors (Lipinski definition) is 0. The van der Waals surface area contributed by atoms with Gasteiger partial charge in [-0.25, -0.2) is 4.79 Å². The maximum absolute atomic E-state index is 9.53. The van der Waals surface area contributed by atoms with E-state index in [2.05, 4.69) is 11.6 Å². The molecule has 3 nitrogen and oxygen atoms in total. The Morgan fingerprint density at radius 3 is 2.75 bits per heavy atom. The van der Waals surface area contributed by atoms with Crippen LogP contribution in [0.3, 0.4) is 0 Å². The molecule has 0 bridgehead atoms. The van der Waals surface area contributed by atoms with Gasteiger partial charge < -0.3 is 4.43 Å². The monoisotopic (exact) mass is 129 g/mol. The third-order valence-electron chi connectivity index (χ3n) is 0.623. The molecule has 0 aromatic rings. The van der Waals surface area contributed by atoms with E-state index >= 15 is 0 Å². The van der Waals surface area contributed by atoms with Crippen LogP contribution >= 0.6 is 0 Å². The molecular weight excluding hydrogens is 122 g/mol. The highest BCUT2D eigenvalue weighted by Crippen LogP contribution is 1.87. The Kier molecular flexibility index (Phi) is 4.06. The van der Waals surface area contributed by atoms with Crippen molar-refractivity contribution in [3.05, 3.63) is 12.7 Å². The summed E-state index contributed by atoms with van der Waals surface area (Å²) in [5.74, 6) is 0. The maximum Gasteiger partial charge on any atom is 0.237 e. The van der Waals surface area contributed by atoms with Crippen molar-refractivity contribution in [2.24, 2.45) is 4.99 Å². The molecule has 0 heterocycles. The van der Waals surface area contributed by atoms with Crippen LogP contribution in [0.25, 0.3) is 0 Å². The van der Waals surface area contributed by atoms with Gasteiger partial charge in [-0.2, -0.15) is 4.99 Å². The molecule has 0 amide bonds. The Morgan fingerprint density at radius 1 is 2.00 bits per heavy atom. The van der Waals surface area contributed by atoms with E-state index in [0.717, 1.165) is 0 Å². The van der Waals surface area contributed by atoms with Gasteiger partial charge in [0.2, 0.25) is 6.08 Å². The zero-order valence-electron chi connectivity index (χ0n) is 4.63. The van der Waals surface area contributed by atoms with Crippen LogP contribution in [0.15, 0.2) is 17.6 Å². The first kappa shape index (κ1) is 7.30. The van der Waals surface area contributed by atoms with E-state index in [1.807, 2.05) is 0 Å². The summed E-state index contributed by atoms with van der Waals surface area (Å²) in [6, 6.07) is 0. The van der Waals surface area contributed by atoms with Gasteiger partial charge in [-0.05, 0) is 6.08 Å². The Labute approximate surface area is 50.6 Å². The molecule has 0 aromatic carbocycles. The fourth-order valence-electron chi connectivity index (χ4n) is 0.254. The van der Waals surface area contributed by atoms with Crippen LogP contribution in [0, 0.1) is 0 Å². The predicted molar refractivity (Wildman–Crippen MR) is 33.1 cm³/mol. The highest BCUT2D eigenvalue weighted by molar-refractivity contribution is 5.98. The maximum atomic E-state index is 9.53. The smallest absolute Gasteiger partial charge is 0.237 e. The summed E-state index contributed by atoms with van der Waals surface area (Å²) in [5.41, 5.74) is 0. The van der Waals surface area contributed by atoms with Crippen LogP contribution in [0.2, 0.25) is 0 Å². The lowest BCUT2D eigenvalue weighted by Crippen LogP contribution is -2.01. The Hall–Kier alpha value is -0.703. The molecule has 0 aliphatic heterocycles. The molecule has 0 spiro atoms. The molecule has 1 atom stereocenters. The summed E-state index contributed by atoms with van der Waals surface area (Å²) < 4.78 is 4.73. The second-order valence-electron chi connectivity index (χ2n) is 1.08. The van der Waals surface area contributed by atoms with Crippen LogP contribution in [0.1, 0.15) is 0 Å². The van der Waals surface area contributed by atoms with E-state index in [1.165, 1.54) is 12.2 Å². The van der Waals surface area contributed by atoms with Crippen LogP contribution in [-0.2, 0) is 9.22 Å². The van der Waals surface area contributed by atoms with Gasteiger partial charge >= 0.3 is 0 Å². The third kappa shape index (κ3) is 2.47. The van der Waals surface area contributed by atoms with Crippen LogP contribution in [0.4, 0.5) is 0 Å². The van der Waals surface area contributed by atoms with E-state index in [0.29, 0.717) is 10.5 Å². The lowest BCUT2D eigenvalue weighted by Gasteiger charge is -1.98. The fraction of sp³-hybridized carbons (Fsp3) is 0.250. The third-order valence-corrected chi connectivity index (χ3v) is 1.11. The summed E-state index contributed by atoms with van der Waals surface area (Å²) in [7, 11) is 0.552. The predicted octanol–water partition coefficient (Wildman–Crippen LogP) is -0.869. The minimum Gasteiger partial charge on any atom is -0.404 e. The van der Waals surface area contributed by atoms with Crippen molar-refractivity contribution >= 4 is 16.6 Å². The molecule has 0 rings (SSSR count). The molecular formula is C4H7NO2Si. The van der Waals surface area contributed by atoms with Crippen LogP contribution in [-0.4, -0.2) is 22.8 Å². The number of aliphatic imine (C=N–C) groups is 1. The number of carbonyl (C=O) groups excluding carboxylic acids is 1. The quantitative estimate of drug-likeness (QED) is 0.215. The molecule has 0 fully saturated rings. The van der Waals surface area contributed by atoms with E-state index in [1.54, 1.807) is 0 Å². The average Bonchev–Trinajstić information content (AvgIpc) is 1.83. The van der Waals surface area contributed by atoms with Gasteiger partial charge in [0, 0.05) is 0 Å². The molecule has 0 saturated heterocycles. The average molecular weight is 129 g/mol. The van der Waals surface area contributed by atoms with Crippen molar-refractivity contribution in [2.45, 2.75) is 6.23 Å². The first-order valence-electron chi connectivity index (χ1n) is 2.07. The topological polar surface area (TPSA) is 38.7 Å². The molecule has 0 aliphatic rings. The van der Waals surface area contributed by atoms with E-state index in [-0.39, 0.29) is 0 Å². The van der Waals surface area contributed by atoms with Crippen molar-refractivity contribution in [1.82, 2.24) is 0 Å². The van der Waals surface area contributed by atoms with Gasteiger partial charge in [-0.3, -0.25) is 0 Å². The zero-order valence-corrected chi connectivity index (χ0v) is 6.63. The van der Waals surface area contributed by atoms with Crippen molar-refractivity contribution in [3.63, 3.8) is 0 Å². The van der Waals surface area contributed by atoms with E-state index in [9.17, 15) is 4.79 Å². The van der Waals surface area contributed by atoms with Crippen molar-refractivity contribution in [2.75, 3.05) is 0 Å². The molecule has 0 aromatic heterocycles. The summed E-state index contributed by atoms with van der Waals surface area (Å²) in [4.78, 5) is 12.8. The lowest BCUT2D eigenvalue weighted by atomic mass is 10.6. The normalized spacial score (nSPS) is 12.0. The fourth-order valence-corrected chi connectivity index (χ4v) is 0.551. The first-order chi connectivity index (χ1) is 3.85. The summed E-state index contributed by atoms with van der Waals surface area (Å²) in [6.07, 6.45) is 2.34. The highest BCUT2D eigenvalue weighted by atomic mass is 28.2. The summed E-state index contributed by atoms with van der Waals surface area (Å²) in [5, 5.41) is 0. The lowest BCUT2D eigenvalue weighted by molar-refractivity contribution is 0.286. The second-order valence-corrected chi connectivity index (χ2v) is 1.55. The van der Waals surface area contributed by atoms with E-state index < -0.39 is 6.23 Å². The van der Waals surface area contributed by atoms with Crippen molar-refractivity contribution < 1.29 is 9.22 Å².